The van der Waals surface area contributed by atoms with Gasteiger partial charge in [-0.25, -0.2) is 0 Å². The lowest BCUT2D eigenvalue weighted by Gasteiger charge is -2.10. The van der Waals surface area contributed by atoms with E-state index in [9.17, 15) is 0 Å². The zero-order valence-corrected chi connectivity index (χ0v) is 14.8. The van der Waals surface area contributed by atoms with E-state index in [1.807, 2.05) is 11.8 Å². The molecule has 23 heavy (non-hydrogen) atoms. The summed E-state index contributed by atoms with van der Waals surface area (Å²) in [7, 11) is 3.89. The Balaban J connectivity index is 1.65. The molecule has 1 aliphatic rings. The lowest BCUT2D eigenvalue weighted by Crippen LogP contribution is -2.19. The van der Waals surface area contributed by atoms with E-state index in [2.05, 4.69) is 47.0 Å². The molecular weight excluding hydrogens is 306 g/mol. The molecule has 0 amide bonds. The molecule has 0 saturated carbocycles. The maximum Gasteiger partial charge on any atom is 0.0987 e. The molecule has 0 radical (unpaired) electrons. The second-order valence-corrected chi connectivity index (χ2v) is 7.00. The van der Waals surface area contributed by atoms with Crippen LogP contribution >= 0.6 is 11.8 Å². The van der Waals surface area contributed by atoms with Crippen LogP contribution in [0.2, 0.25) is 0 Å². The van der Waals surface area contributed by atoms with Crippen molar-refractivity contribution in [3.8, 4) is 0 Å². The molecule has 2 aromatic rings. The molecule has 2 heterocycles. The molecule has 0 bridgehead atoms. The van der Waals surface area contributed by atoms with Gasteiger partial charge in [-0.15, -0.1) is 11.8 Å². The number of aliphatic imine (C=N–C) groups is 1. The standard InChI is InChI=1S/C18H25N3OS/c1-20-10-5-8-18(20)19-9-13-23-17-14-21(11-12-22-2)16-7-4-3-6-15(16)17/h3-4,6-7,14H,5,8-13H2,1-2H3/b19-18+. The first-order chi connectivity index (χ1) is 11.3. The Kier molecular flexibility index (Phi) is 5.62. The predicted octanol–water partition coefficient (Wildman–Crippen LogP) is 3.50. The number of para-hydroxylation sites is 1. The molecule has 3 rings (SSSR count). The summed E-state index contributed by atoms with van der Waals surface area (Å²) in [5.41, 5.74) is 1.29. The minimum absolute atomic E-state index is 0.739. The van der Waals surface area contributed by atoms with Crippen LogP contribution in [-0.2, 0) is 11.3 Å². The van der Waals surface area contributed by atoms with Crippen molar-refractivity contribution in [2.75, 3.05) is 39.6 Å². The van der Waals surface area contributed by atoms with Gasteiger partial charge in [-0.1, -0.05) is 18.2 Å². The largest absolute Gasteiger partial charge is 0.383 e. The number of ether oxygens (including phenoxy) is 1. The highest BCUT2D eigenvalue weighted by Gasteiger charge is 2.13. The first-order valence-electron chi connectivity index (χ1n) is 8.23. The molecule has 1 aromatic carbocycles. The molecule has 5 heteroatoms. The smallest absolute Gasteiger partial charge is 0.0987 e. The van der Waals surface area contributed by atoms with E-state index >= 15 is 0 Å². The summed E-state index contributed by atoms with van der Waals surface area (Å²) >= 11 is 1.90. The van der Waals surface area contributed by atoms with Crippen molar-refractivity contribution < 1.29 is 4.74 Å². The highest BCUT2D eigenvalue weighted by Crippen LogP contribution is 2.30. The third kappa shape index (κ3) is 3.90. The number of amidine groups is 1. The fraction of sp³-hybridized carbons (Fsp3) is 0.500. The van der Waals surface area contributed by atoms with Crippen LogP contribution in [0.25, 0.3) is 10.9 Å². The highest BCUT2D eigenvalue weighted by atomic mass is 32.2. The third-order valence-corrected chi connectivity index (χ3v) is 5.29. The number of nitrogens with zero attached hydrogens (tertiary/aromatic N) is 3. The second-order valence-electron chi connectivity index (χ2n) is 5.87. The average Bonchev–Trinajstić information content (AvgIpc) is 3.14. The van der Waals surface area contributed by atoms with Crippen LogP contribution in [0.15, 0.2) is 40.4 Å². The summed E-state index contributed by atoms with van der Waals surface area (Å²) in [5.74, 6) is 2.29. The Labute approximate surface area is 142 Å². The normalized spacial score (nSPS) is 16.8. The van der Waals surface area contributed by atoms with Crippen molar-refractivity contribution in [3.63, 3.8) is 0 Å². The summed E-state index contributed by atoms with van der Waals surface area (Å²) in [5, 5.41) is 1.33. The fourth-order valence-electron chi connectivity index (χ4n) is 3.03. The SMILES string of the molecule is COCCn1cc(SCC/N=C2\CCCN2C)c2ccccc21. The Bertz CT molecular complexity index is 680. The van der Waals surface area contributed by atoms with Crippen LogP contribution in [-0.4, -0.2) is 54.9 Å². The number of fused-ring (bicyclic) bond motifs is 1. The van der Waals surface area contributed by atoms with Crippen molar-refractivity contribution in [1.29, 1.82) is 0 Å². The summed E-state index contributed by atoms with van der Waals surface area (Å²) in [6.45, 7) is 3.67. The van der Waals surface area contributed by atoms with E-state index in [1.54, 1.807) is 7.11 Å². The van der Waals surface area contributed by atoms with E-state index in [1.165, 1.54) is 28.1 Å². The summed E-state index contributed by atoms with van der Waals surface area (Å²) < 4.78 is 7.51. The highest BCUT2D eigenvalue weighted by molar-refractivity contribution is 7.99. The number of thioether (sulfide) groups is 1. The zero-order valence-electron chi connectivity index (χ0n) is 14.0. The van der Waals surface area contributed by atoms with Gasteiger partial charge in [0.25, 0.3) is 0 Å². The fourth-order valence-corrected chi connectivity index (χ4v) is 3.96. The number of likely N-dealkylation sites (tertiary alicyclic amines) is 1. The van der Waals surface area contributed by atoms with Crippen LogP contribution in [0.4, 0.5) is 0 Å². The Morgan fingerprint density at radius 2 is 2.17 bits per heavy atom. The molecule has 4 nitrogen and oxygen atoms in total. The maximum absolute atomic E-state index is 5.22. The quantitative estimate of drug-likeness (QED) is 0.574. The van der Waals surface area contributed by atoms with Crippen molar-refractivity contribution in [2.45, 2.75) is 24.3 Å². The van der Waals surface area contributed by atoms with Gasteiger partial charge in [-0.2, -0.15) is 0 Å². The zero-order chi connectivity index (χ0) is 16.1. The predicted molar refractivity (Wildman–Crippen MR) is 98.7 cm³/mol. The van der Waals surface area contributed by atoms with Crippen LogP contribution in [0.1, 0.15) is 12.8 Å². The first-order valence-corrected chi connectivity index (χ1v) is 9.22. The van der Waals surface area contributed by atoms with Crippen LogP contribution in [0.5, 0.6) is 0 Å². The van der Waals surface area contributed by atoms with E-state index in [0.717, 1.165) is 38.4 Å². The van der Waals surface area contributed by atoms with Gasteiger partial charge in [0, 0.05) is 61.4 Å². The molecule has 0 N–H and O–H groups in total. The van der Waals surface area contributed by atoms with Gasteiger partial charge in [0.05, 0.1) is 19.0 Å². The van der Waals surface area contributed by atoms with Crippen LogP contribution < -0.4 is 0 Å². The van der Waals surface area contributed by atoms with E-state index < -0.39 is 0 Å². The second kappa shape index (κ2) is 7.88. The molecule has 0 unspecified atom stereocenters. The number of hydrogen-bond donors (Lipinski definition) is 0. The van der Waals surface area contributed by atoms with Crippen molar-refractivity contribution in [2.24, 2.45) is 4.99 Å². The van der Waals surface area contributed by atoms with Crippen molar-refractivity contribution in [3.05, 3.63) is 30.5 Å². The van der Waals surface area contributed by atoms with E-state index in [0.29, 0.717) is 0 Å². The summed E-state index contributed by atoms with van der Waals surface area (Å²) in [6, 6.07) is 8.60. The van der Waals surface area contributed by atoms with Crippen LogP contribution in [0, 0.1) is 0 Å². The molecule has 1 aromatic heterocycles. The lowest BCUT2D eigenvalue weighted by atomic mass is 10.2. The monoisotopic (exact) mass is 331 g/mol. The van der Waals surface area contributed by atoms with Gasteiger partial charge in [-0.05, 0) is 12.5 Å². The van der Waals surface area contributed by atoms with E-state index in [-0.39, 0.29) is 0 Å². The van der Waals surface area contributed by atoms with Crippen molar-refractivity contribution >= 4 is 28.5 Å². The minimum atomic E-state index is 0.739. The molecule has 0 atom stereocenters. The van der Waals surface area contributed by atoms with Crippen molar-refractivity contribution in [1.82, 2.24) is 9.47 Å². The van der Waals surface area contributed by atoms with Gasteiger partial charge in [0.1, 0.15) is 0 Å². The average molecular weight is 331 g/mol. The van der Waals surface area contributed by atoms with Gasteiger partial charge in [0.15, 0.2) is 0 Å². The number of benzene rings is 1. The number of rotatable bonds is 7. The van der Waals surface area contributed by atoms with Gasteiger partial charge >= 0.3 is 0 Å². The Morgan fingerprint density at radius 1 is 1.30 bits per heavy atom. The third-order valence-electron chi connectivity index (χ3n) is 4.27. The number of aromatic nitrogens is 1. The minimum Gasteiger partial charge on any atom is -0.383 e. The van der Waals surface area contributed by atoms with Gasteiger partial charge in [0.2, 0.25) is 0 Å². The maximum atomic E-state index is 5.22. The van der Waals surface area contributed by atoms with Gasteiger partial charge < -0.3 is 14.2 Å². The number of methoxy groups -OCH3 is 1. The molecule has 1 saturated heterocycles. The first kappa shape index (κ1) is 16.4. The molecule has 124 valence electrons. The summed E-state index contributed by atoms with van der Waals surface area (Å²) in [4.78, 5) is 8.37. The summed E-state index contributed by atoms with van der Waals surface area (Å²) in [6.07, 6.45) is 4.64. The molecule has 0 aliphatic carbocycles. The Morgan fingerprint density at radius 3 is 2.96 bits per heavy atom. The lowest BCUT2D eigenvalue weighted by molar-refractivity contribution is 0.188. The molecular formula is C18H25N3OS. The Hall–Kier alpha value is -1.46. The molecule has 1 aliphatic heterocycles. The number of hydrogen-bond acceptors (Lipinski definition) is 3. The molecule has 0 spiro atoms. The van der Waals surface area contributed by atoms with Crippen LogP contribution in [0.3, 0.4) is 0 Å². The molecule has 1 fully saturated rings. The van der Waals surface area contributed by atoms with Gasteiger partial charge in [-0.3, -0.25) is 4.99 Å². The topological polar surface area (TPSA) is 29.8 Å². The van der Waals surface area contributed by atoms with E-state index in [4.69, 9.17) is 9.73 Å².